The van der Waals surface area contributed by atoms with Gasteiger partial charge >= 0.3 is 24.3 Å². The Kier molecular flexibility index (Phi) is 10.4. The highest BCUT2D eigenvalue weighted by Crippen LogP contribution is 2.41. The number of carboxylic acid groups (broad SMARTS) is 2. The maximum Gasteiger partial charge on any atom is 0.490 e. The summed E-state index contributed by atoms with van der Waals surface area (Å²) in [6.07, 6.45) is -4.63. The highest BCUT2D eigenvalue weighted by Gasteiger charge is 2.50. The standard InChI is InChI=1S/C20H24N4O.2C2HF3O2/c1-16-4-2-6-18(22-16)14-23-10-7-20(15-23)8-11-24(19(20)25)13-17-5-3-9-21-12-17;2*3-2(4,5)1(6)7/h2-6,9,12H,7-8,10-11,13-15H2,1H3;2*(H,6,7). The average molecular weight is 564 g/mol. The fourth-order valence-corrected chi connectivity index (χ4v) is 4.14. The fourth-order valence-electron chi connectivity index (χ4n) is 4.14. The molecule has 15 heteroatoms. The molecule has 0 aromatic carbocycles. The minimum absolute atomic E-state index is 0.188. The first-order valence-electron chi connectivity index (χ1n) is 11.5. The number of carbonyl (C=O) groups excluding carboxylic acids is 1. The topological polar surface area (TPSA) is 124 Å². The van der Waals surface area contributed by atoms with Crippen molar-refractivity contribution in [3.05, 3.63) is 59.7 Å². The molecule has 2 fully saturated rings. The van der Waals surface area contributed by atoms with Crippen molar-refractivity contribution in [3.63, 3.8) is 0 Å². The Hall–Kier alpha value is -3.75. The van der Waals surface area contributed by atoms with Gasteiger partial charge in [-0.25, -0.2) is 9.59 Å². The van der Waals surface area contributed by atoms with Crippen LogP contribution in [0.1, 0.15) is 29.8 Å². The summed E-state index contributed by atoms with van der Waals surface area (Å²) in [6.45, 7) is 6.20. The molecule has 9 nitrogen and oxygen atoms in total. The van der Waals surface area contributed by atoms with Crippen LogP contribution in [0.2, 0.25) is 0 Å². The van der Waals surface area contributed by atoms with Crippen molar-refractivity contribution < 1.29 is 50.9 Å². The lowest BCUT2D eigenvalue weighted by Crippen LogP contribution is -2.36. The first kappa shape index (κ1) is 31.5. The number of hydrogen-bond donors (Lipinski definition) is 2. The summed E-state index contributed by atoms with van der Waals surface area (Å²) >= 11 is 0. The summed E-state index contributed by atoms with van der Waals surface area (Å²) in [4.78, 5) is 44.0. The maximum absolute atomic E-state index is 13.0. The number of amides is 1. The number of aromatic nitrogens is 2. The van der Waals surface area contributed by atoms with Crippen molar-refractivity contribution in [1.29, 1.82) is 0 Å². The Balaban J connectivity index is 0.000000317. The Morgan fingerprint density at radius 2 is 1.54 bits per heavy atom. The van der Waals surface area contributed by atoms with Gasteiger partial charge in [0.2, 0.25) is 5.91 Å². The smallest absolute Gasteiger partial charge is 0.475 e. The van der Waals surface area contributed by atoms with Gasteiger partial charge in [-0.2, -0.15) is 26.3 Å². The molecule has 2 N–H and O–H groups in total. The lowest BCUT2D eigenvalue weighted by molar-refractivity contribution is -0.193. The highest BCUT2D eigenvalue weighted by molar-refractivity contribution is 5.85. The second-order valence-electron chi connectivity index (χ2n) is 8.96. The van der Waals surface area contributed by atoms with Crippen molar-refractivity contribution in [3.8, 4) is 0 Å². The Bertz CT molecular complexity index is 1120. The van der Waals surface area contributed by atoms with E-state index in [1.54, 1.807) is 6.20 Å². The van der Waals surface area contributed by atoms with E-state index in [0.717, 1.165) is 56.0 Å². The highest BCUT2D eigenvalue weighted by atomic mass is 19.4. The van der Waals surface area contributed by atoms with E-state index in [1.807, 2.05) is 36.2 Å². The quantitative estimate of drug-likeness (QED) is 0.540. The minimum atomic E-state index is -5.08. The monoisotopic (exact) mass is 564 g/mol. The summed E-state index contributed by atoms with van der Waals surface area (Å²) in [5.74, 6) is -5.20. The molecular weight excluding hydrogens is 538 g/mol. The van der Waals surface area contributed by atoms with Crippen LogP contribution in [0.4, 0.5) is 26.3 Å². The van der Waals surface area contributed by atoms with E-state index < -0.39 is 24.3 Å². The Labute approximate surface area is 219 Å². The van der Waals surface area contributed by atoms with E-state index in [0.29, 0.717) is 12.5 Å². The van der Waals surface area contributed by atoms with Gasteiger partial charge in [-0.3, -0.25) is 19.7 Å². The van der Waals surface area contributed by atoms with Crippen LogP contribution in [0.15, 0.2) is 42.7 Å². The number of aliphatic carboxylic acids is 2. The first-order valence-corrected chi connectivity index (χ1v) is 11.5. The molecule has 0 bridgehead atoms. The maximum atomic E-state index is 13.0. The minimum Gasteiger partial charge on any atom is -0.475 e. The van der Waals surface area contributed by atoms with Gasteiger partial charge in [-0.1, -0.05) is 12.1 Å². The predicted molar refractivity (Wildman–Crippen MR) is 123 cm³/mol. The third-order valence-corrected chi connectivity index (χ3v) is 5.95. The largest absolute Gasteiger partial charge is 0.490 e. The molecule has 1 spiro atoms. The molecule has 214 valence electrons. The zero-order valence-electron chi connectivity index (χ0n) is 20.7. The third kappa shape index (κ3) is 9.50. The van der Waals surface area contributed by atoms with Crippen LogP contribution in [0.3, 0.4) is 0 Å². The molecule has 2 aromatic rings. The van der Waals surface area contributed by atoms with Gasteiger partial charge in [-0.15, -0.1) is 0 Å². The van der Waals surface area contributed by atoms with Crippen LogP contribution in [-0.4, -0.2) is 79.8 Å². The normalized spacial score (nSPS) is 19.3. The van der Waals surface area contributed by atoms with Gasteiger partial charge in [0.1, 0.15) is 0 Å². The van der Waals surface area contributed by atoms with Crippen LogP contribution in [0.5, 0.6) is 0 Å². The zero-order valence-corrected chi connectivity index (χ0v) is 20.7. The number of carbonyl (C=O) groups is 3. The van der Waals surface area contributed by atoms with Crippen LogP contribution in [0.25, 0.3) is 0 Å². The predicted octanol–water partition coefficient (Wildman–Crippen LogP) is 3.68. The summed E-state index contributed by atoms with van der Waals surface area (Å²) in [7, 11) is 0. The second kappa shape index (κ2) is 12.9. The van der Waals surface area contributed by atoms with Crippen molar-refractivity contribution in [2.45, 2.75) is 45.2 Å². The molecule has 2 aromatic heterocycles. The molecule has 0 saturated carbocycles. The first-order chi connectivity index (χ1) is 18.0. The molecular formula is C24H26F6N4O5. The number of aryl methyl sites for hydroxylation is 1. The number of likely N-dealkylation sites (tertiary alicyclic amines) is 2. The van der Waals surface area contributed by atoms with Crippen molar-refractivity contribution in [2.24, 2.45) is 5.41 Å². The third-order valence-electron chi connectivity index (χ3n) is 5.95. The van der Waals surface area contributed by atoms with E-state index in [1.165, 1.54) is 0 Å². The number of alkyl halides is 6. The molecule has 2 aliphatic heterocycles. The van der Waals surface area contributed by atoms with Crippen LogP contribution in [0, 0.1) is 12.3 Å². The molecule has 39 heavy (non-hydrogen) atoms. The van der Waals surface area contributed by atoms with Gasteiger partial charge in [0.15, 0.2) is 0 Å². The zero-order chi connectivity index (χ0) is 29.4. The molecule has 1 unspecified atom stereocenters. The molecule has 0 aliphatic carbocycles. The fraction of sp³-hybridized carbons (Fsp3) is 0.458. The van der Waals surface area contributed by atoms with Crippen LogP contribution < -0.4 is 0 Å². The number of nitrogens with zero attached hydrogens (tertiary/aromatic N) is 4. The SMILES string of the molecule is Cc1cccc(CN2CCC3(CCN(Cc4cccnc4)C3=O)C2)n1.O=C(O)C(F)(F)F.O=C(O)C(F)(F)F. The van der Waals surface area contributed by atoms with Gasteiger partial charge < -0.3 is 15.1 Å². The lowest BCUT2D eigenvalue weighted by Gasteiger charge is -2.23. The molecule has 0 radical (unpaired) electrons. The molecule has 4 heterocycles. The molecule has 2 aliphatic rings. The van der Waals surface area contributed by atoms with Gasteiger partial charge in [0.05, 0.1) is 11.1 Å². The Morgan fingerprint density at radius 1 is 0.949 bits per heavy atom. The summed E-state index contributed by atoms with van der Waals surface area (Å²) < 4.78 is 63.5. The van der Waals surface area contributed by atoms with Gasteiger partial charge in [-0.05, 0) is 50.1 Å². The Morgan fingerprint density at radius 3 is 2.05 bits per heavy atom. The van der Waals surface area contributed by atoms with Crippen LogP contribution in [-0.2, 0) is 27.5 Å². The summed E-state index contributed by atoms with van der Waals surface area (Å²) in [5, 5.41) is 14.2. The lowest BCUT2D eigenvalue weighted by atomic mass is 9.85. The molecule has 4 rings (SSSR count). The van der Waals surface area contributed by atoms with Crippen molar-refractivity contribution >= 4 is 17.8 Å². The van der Waals surface area contributed by atoms with Gasteiger partial charge in [0, 0.05) is 44.3 Å². The molecule has 2 saturated heterocycles. The number of halogens is 6. The van der Waals surface area contributed by atoms with E-state index in [-0.39, 0.29) is 5.41 Å². The molecule has 1 amide bonds. The number of pyridine rings is 2. The summed E-state index contributed by atoms with van der Waals surface area (Å²) in [6, 6.07) is 10.1. The number of hydrogen-bond acceptors (Lipinski definition) is 6. The van der Waals surface area contributed by atoms with E-state index in [4.69, 9.17) is 19.8 Å². The van der Waals surface area contributed by atoms with E-state index in [2.05, 4.69) is 27.0 Å². The number of carboxylic acids is 2. The summed E-state index contributed by atoms with van der Waals surface area (Å²) in [5.41, 5.74) is 3.05. The van der Waals surface area contributed by atoms with Crippen LogP contribution >= 0.6 is 0 Å². The van der Waals surface area contributed by atoms with Crippen molar-refractivity contribution in [2.75, 3.05) is 19.6 Å². The van der Waals surface area contributed by atoms with Gasteiger partial charge in [0.25, 0.3) is 0 Å². The van der Waals surface area contributed by atoms with E-state index in [9.17, 15) is 31.1 Å². The molecule has 1 atom stereocenters. The number of rotatable bonds is 4. The van der Waals surface area contributed by atoms with E-state index >= 15 is 0 Å². The van der Waals surface area contributed by atoms with Crippen molar-refractivity contribution in [1.82, 2.24) is 19.8 Å². The average Bonchev–Trinajstić information content (AvgIpc) is 3.38. The second-order valence-corrected chi connectivity index (χ2v) is 8.96.